The van der Waals surface area contributed by atoms with Crippen LogP contribution in [0, 0.1) is 11.3 Å². The maximum atomic E-state index is 11.5. The number of aliphatic hydroxyl groups excluding tert-OH is 1. The maximum Gasteiger partial charge on any atom is 0.312 e. The van der Waals surface area contributed by atoms with Crippen LogP contribution in [0.3, 0.4) is 0 Å². The summed E-state index contributed by atoms with van der Waals surface area (Å²) in [6.45, 7) is 0.777. The second-order valence-corrected chi connectivity index (χ2v) is 5.08. The number of hydrogen-bond acceptors (Lipinski definition) is 3. The van der Waals surface area contributed by atoms with Gasteiger partial charge in [0.1, 0.15) is 0 Å². The lowest BCUT2D eigenvalue weighted by molar-refractivity contribution is -0.156. The highest BCUT2D eigenvalue weighted by atomic mass is 16.5. The fourth-order valence-electron chi connectivity index (χ4n) is 3.13. The van der Waals surface area contributed by atoms with Crippen LogP contribution in [0.2, 0.25) is 0 Å². The van der Waals surface area contributed by atoms with Gasteiger partial charge in [-0.05, 0) is 19.3 Å². The lowest BCUT2D eigenvalue weighted by Gasteiger charge is -2.34. The molecule has 4 nitrogen and oxygen atoms in total. The van der Waals surface area contributed by atoms with E-state index in [1.807, 2.05) is 0 Å². The SMILES string of the molecule is O=C(O)C1(C2CCCCCC2O)CCOC1. The molecule has 0 amide bonds. The van der Waals surface area contributed by atoms with Gasteiger partial charge in [-0.25, -0.2) is 0 Å². The lowest BCUT2D eigenvalue weighted by atomic mass is 9.70. The zero-order chi connectivity index (χ0) is 11.6. The predicted octanol–water partition coefficient (Wildman–Crippen LogP) is 1.42. The zero-order valence-electron chi connectivity index (χ0n) is 9.52. The summed E-state index contributed by atoms with van der Waals surface area (Å²) >= 11 is 0. The van der Waals surface area contributed by atoms with Crippen LogP contribution in [-0.2, 0) is 9.53 Å². The van der Waals surface area contributed by atoms with Gasteiger partial charge in [0.05, 0.1) is 18.1 Å². The van der Waals surface area contributed by atoms with Crippen molar-refractivity contribution in [2.75, 3.05) is 13.2 Å². The van der Waals surface area contributed by atoms with E-state index >= 15 is 0 Å². The number of carboxylic acids is 1. The molecule has 3 unspecified atom stereocenters. The summed E-state index contributed by atoms with van der Waals surface area (Å²) in [7, 11) is 0. The quantitative estimate of drug-likeness (QED) is 0.701. The molecule has 1 aliphatic carbocycles. The molecule has 0 spiro atoms. The summed E-state index contributed by atoms with van der Waals surface area (Å²) in [5.41, 5.74) is -0.830. The molecule has 16 heavy (non-hydrogen) atoms. The molecule has 2 aliphatic rings. The zero-order valence-corrected chi connectivity index (χ0v) is 9.52. The second-order valence-electron chi connectivity index (χ2n) is 5.08. The summed E-state index contributed by atoms with van der Waals surface area (Å²) in [5.74, 6) is -0.925. The van der Waals surface area contributed by atoms with Gasteiger partial charge in [0.15, 0.2) is 0 Å². The molecule has 1 aliphatic heterocycles. The van der Waals surface area contributed by atoms with Crippen LogP contribution in [0.15, 0.2) is 0 Å². The molecule has 4 heteroatoms. The van der Waals surface area contributed by atoms with Crippen molar-refractivity contribution >= 4 is 5.97 Å². The number of aliphatic hydroxyl groups is 1. The van der Waals surface area contributed by atoms with Crippen LogP contribution < -0.4 is 0 Å². The van der Waals surface area contributed by atoms with E-state index in [0.29, 0.717) is 13.0 Å². The van der Waals surface area contributed by atoms with Crippen molar-refractivity contribution in [2.24, 2.45) is 11.3 Å². The van der Waals surface area contributed by atoms with Gasteiger partial charge in [-0.15, -0.1) is 0 Å². The smallest absolute Gasteiger partial charge is 0.312 e. The van der Waals surface area contributed by atoms with E-state index in [1.54, 1.807) is 0 Å². The van der Waals surface area contributed by atoms with Crippen LogP contribution in [0.25, 0.3) is 0 Å². The Balaban J connectivity index is 2.20. The standard InChI is InChI=1S/C12H20O4/c13-10-5-3-1-2-4-9(10)12(11(14)15)6-7-16-8-12/h9-10,13H,1-8H2,(H,14,15). The van der Waals surface area contributed by atoms with E-state index in [0.717, 1.165) is 32.1 Å². The normalized spacial score (nSPS) is 40.6. The fraction of sp³-hybridized carbons (Fsp3) is 0.917. The Morgan fingerprint density at radius 2 is 2.00 bits per heavy atom. The van der Waals surface area contributed by atoms with Gasteiger partial charge in [0, 0.05) is 12.5 Å². The van der Waals surface area contributed by atoms with Gasteiger partial charge in [0.25, 0.3) is 0 Å². The van der Waals surface area contributed by atoms with Gasteiger partial charge in [-0.3, -0.25) is 4.79 Å². The Labute approximate surface area is 95.6 Å². The first kappa shape index (κ1) is 11.9. The highest BCUT2D eigenvalue weighted by molar-refractivity contribution is 5.75. The van der Waals surface area contributed by atoms with Crippen molar-refractivity contribution in [1.82, 2.24) is 0 Å². The molecule has 92 valence electrons. The number of rotatable bonds is 2. The number of hydrogen-bond donors (Lipinski definition) is 2. The molecule has 2 rings (SSSR count). The van der Waals surface area contributed by atoms with Gasteiger partial charge in [-0.1, -0.05) is 19.3 Å². The van der Waals surface area contributed by atoms with Crippen molar-refractivity contribution in [3.63, 3.8) is 0 Å². The minimum Gasteiger partial charge on any atom is -0.481 e. The summed E-state index contributed by atoms with van der Waals surface area (Å²) in [5, 5.41) is 19.5. The molecular formula is C12H20O4. The van der Waals surface area contributed by atoms with E-state index in [4.69, 9.17) is 4.74 Å². The number of carbonyl (C=O) groups is 1. The predicted molar refractivity (Wildman–Crippen MR) is 58.1 cm³/mol. The van der Waals surface area contributed by atoms with Crippen LogP contribution in [0.4, 0.5) is 0 Å². The molecule has 0 aromatic carbocycles. The topological polar surface area (TPSA) is 66.8 Å². The largest absolute Gasteiger partial charge is 0.481 e. The number of aliphatic carboxylic acids is 1. The second kappa shape index (κ2) is 4.72. The summed E-state index contributed by atoms with van der Waals surface area (Å²) < 4.78 is 5.27. The monoisotopic (exact) mass is 228 g/mol. The molecule has 0 aromatic rings. The highest BCUT2D eigenvalue weighted by Crippen LogP contribution is 2.43. The van der Waals surface area contributed by atoms with E-state index in [2.05, 4.69) is 0 Å². The highest BCUT2D eigenvalue weighted by Gasteiger charge is 2.51. The molecule has 2 fully saturated rings. The lowest BCUT2D eigenvalue weighted by Crippen LogP contribution is -2.44. The van der Waals surface area contributed by atoms with Crippen molar-refractivity contribution in [1.29, 1.82) is 0 Å². The molecule has 1 saturated carbocycles. The Kier molecular flexibility index (Phi) is 3.50. The molecule has 0 bridgehead atoms. The molecule has 1 saturated heterocycles. The molecule has 2 N–H and O–H groups in total. The van der Waals surface area contributed by atoms with Crippen molar-refractivity contribution in [3.05, 3.63) is 0 Å². The summed E-state index contributed by atoms with van der Waals surface area (Å²) in [6, 6.07) is 0. The summed E-state index contributed by atoms with van der Waals surface area (Å²) in [6.07, 6.45) is 4.76. The van der Waals surface area contributed by atoms with Crippen molar-refractivity contribution < 1.29 is 19.7 Å². The Bertz CT molecular complexity index is 258. The van der Waals surface area contributed by atoms with Crippen LogP contribution in [0.5, 0.6) is 0 Å². The third-order valence-corrected chi connectivity index (χ3v) is 4.17. The molecule has 1 heterocycles. The Morgan fingerprint density at radius 1 is 1.25 bits per heavy atom. The number of carboxylic acid groups (broad SMARTS) is 1. The minimum atomic E-state index is -0.830. The van der Waals surface area contributed by atoms with Gasteiger partial charge < -0.3 is 14.9 Å². The summed E-state index contributed by atoms with van der Waals surface area (Å²) in [4.78, 5) is 11.5. The minimum absolute atomic E-state index is 0.130. The first-order chi connectivity index (χ1) is 7.67. The average Bonchev–Trinajstić information content (AvgIpc) is 2.64. The van der Waals surface area contributed by atoms with Crippen molar-refractivity contribution in [2.45, 2.75) is 44.6 Å². The van der Waals surface area contributed by atoms with E-state index in [9.17, 15) is 15.0 Å². The average molecular weight is 228 g/mol. The van der Waals surface area contributed by atoms with E-state index in [1.165, 1.54) is 0 Å². The van der Waals surface area contributed by atoms with E-state index < -0.39 is 17.5 Å². The molecule has 0 aromatic heterocycles. The first-order valence-corrected chi connectivity index (χ1v) is 6.16. The third kappa shape index (κ3) is 1.96. The van der Waals surface area contributed by atoms with Crippen LogP contribution in [-0.4, -0.2) is 35.5 Å². The van der Waals surface area contributed by atoms with Gasteiger partial charge in [-0.2, -0.15) is 0 Å². The first-order valence-electron chi connectivity index (χ1n) is 6.16. The van der Waals surface area contributed by atoms with E-state index in [-0.39, 0.29) is 12.5 Å². The molecular weight excluding hydrogens is 208 g/mol. The molecule has 3 atom stereocenters. The van der Waals surface area contributed by atoms with Crippen LogP contribution in [0.1, 0.15) is 38.5 Å². The third-order valence-electron chi connectivity index (χ3n) is 4.17. The maximum absolute atomic E-state index is 11.5. The van der Waals surface area contributed by atoms with Crippen LogP contribution >= 0.6 is 0 Å². The Morgan fingerprint density at radius 3 is 2.62 bits per heavy atom. The fourth-order valence-corrected chi connectivity index (χ4v) is 3.13. The van der Waals surface area contributed by atoms with Crippen molar-refractivity contribution in [3.8, 4) is 0 Å². The molecule has 0 radical (unpaired) electrons. The van der Waals surface area contributed by atoms with Gasteiger partial charge >= 0.3 is 5.97 Å². The number of ether oxygens (including phenoxy) is 1. The van der Waals surface area contributed by atoms with Gasteiger partial charge in [0.2, 0.25) is 0 Å². The Hall–Kier alpha value is -0.610.